The average Bonchev–Trinajstić information content (AvgIpc) is 2.94. The number of hydrogen-bond donors (Lipinski definition) is 0. The number of rotatable bonds is 2. The van der Waals surface area contributed by atoms with Gasteiger partial charge < -0.3 is 0 Å². The molecule has 0 aliphatic carbocycles. The van der Waals surface area contributed by atoms with Gasteiger partial charge in [-0.05, 0) is 37.0 Å². The van der Waals surface area contributed by atoms with Gasteiger partial charge in [0.1, 0.15) is 0 Å². The fourth-order valence-corrected chi connectivity index (χ4v) is 2.78. The van der Waals surface area contributed by atoms with E-state index in [4.69, 9.17) is 17.0 Å². The quantitative estimate of drug-likeness (QED) is 0.409. The van der Waals surface area contributed by atoms with Gasteiger partial charge in [-0.25, -0.2) is 0 Å². The van der Waals surface area contributed by atoms with Crippen molar-refractivity contribution in [2.75, 3.05) is 0 Å². The summed E-state index contributed by atoms with van der Waals surface area (Å²) in [5.74, 6) is 0. The van der Waals surface area contributed by atoms with Crippen LogP contribution in [0.4, 0.5) is 0 Å². The molecule has 0 N–H and O–H groups in total. The van der Waals surface area contributed by atoms with Crippen LogP contribution in [0.1, 0.15) is 23.6 Å². The molecule has 0 saturated heterocycles. The van der Waals surface area contributed by atoms with Gasteiger partial charge in [-0.2, -0.15) is 6.07 Å². The van der Waals surface area contributed by atoms with Crippen LogP contribution < -0.4 is 0 Å². The number of benzene rings is 2. The Balaban J connectivity index is 0.000000545. The number of fused-ring (bicyclic) bond motifs is 1. The summed E-state index contributed by atoms with van der Waals surface area (Å²) in [4.78, 5) is 0. The third-order valence-electron chi connectivity index (χ3n) is 4.11. The van der Waals surface area contributed by atoms with Gasteiger partial charge in [0.2, 0.25) is 0 Å². The van der Waals surface area contributed by atoms with E-state index in [1.165, 1.54) is 38.6 Å². The number of aryl methyl sites for hydroxylation is 2. The molecule has 0 amide bonds. The van der Waals surface area contributed by atoms with Crippen LogP contribution in [-0.4, -0.2) is 0 Å². The molecule has 3 aromatic rings. The van der Waals surface area contributed by atoms with Gasteiger partial charge in [-0.15, -0.1) is 34.5 Å². The van der Waals surface area contributed by atoms with Crippen LogP contribution in [0.15, 0.2) is 48.5 Å². The van der Waals surface area contributed by atoms with E-state index in [2.05, 4.69) is 69.3 Å². The predicted octanol–water partition coefficient (Wildman–Crippen LogP) is 6.78. The van der Waals surface area contributed by atoms with Crippen molar-refractivity contribution in [3.63, 3.8) is 0 Å². The molecule has 0 nitrogen and oxygen atoms in total. The monoisotopic (exact) mass is 407 g/mol. The molecule has 3 aromatic carbocycles. The summed E-state index contributed by atoms with van der Waals surface area (Å²) in [6.45, 7) is 6.61. The fraction of sp³-hybridized carbons (Fsp3) is 0.211. The van der Waals surface area contributed by atoms with Crippen molar-refractivity contribution >= 4 is 27.8 Å². The molecule has 0 unspecified atom stereocenters. The first-order chi connectivity index (χ1) is 10.6. The second kappa shape index (κ2) is 8.39. The summed E-state index contributed by atoms with van der Waals surface area (Å²) in [5, 5.41) is 2.74. The zero-order chi connectivity index (χ0) is 16.1. The Morgan fingerprint density at radius 1 is 1.00 bits per heavy atom. The minimum absolute atomic E-state index is 0.826. The van der Waals surface area contributed by atoms with Crippen molar-refractivity contribution in [1.82, 2.24) is 0 Å². The van der Waals surface area contributed by atoms with Crippen molar-refractivity contribution in [3.05, 3.63) is 65.2 Å². The summed E-state index contributed by atoms with van der Waals surface area (Å²) >= 11 is -0.826. The molecule has 0 radical (unpaired) electrons. The molecular weight excluding hydrogens is 390 g/mol. The third kappa shape index (κ3) is 3.88. The van der Waals surface area contributed by atoms with Crippen molar-refractivity contribution in [1.29, 1.82) is 0 Å². The zero-order valence-electron chi connectivity index (χ0n) is 13.1. The van der Waals surface area contributed by atoms with Gasteiger partial charge in [-0.3, -0.25) is 0 Å². The summed E-state index contributed by atoms with van der Waals surface area (Å²) in [6.07, 6.45) is 1.10. The SMILES string of the molecule is CCc1cc2c(-c3cccc(C)c3C)cccc2[cH-]1.[Cl][Zr][Cl]. The van der Waals surface area contributed by atoms with Gasteiger partial charge in [0.05, 0.1) is 0 Å². The third-order valence-corrected chi connectivity index (χ3v) is 4.11. The Morgan fingerprint density at radius 2 is 1.64 bits per heavy atom. The molecule has 0 aromatic heterocycles. The molecule has 0 spiro atoms. The van der Waals surface area contributed by atoms with E-state index in [-0.39, 0.29) is 0 Å². The Bertz CT molecular complexity index is 759. The Hall–Kier alpha value is -0.487. The van der Waals surface area contributed by atoms with Crippen molar-refractivity contribution in [2.45, 2.75) is 27.2 Å². The zero-order valence-corrected chi connectivity index (χ0v) is 17.1. The van der Waals surface area contributed by atoms with E-state index in [0.717, 1.165) is 6.42 Å². The molecule has 0 atom stereocenters. The summed E-state index contributed by atoms with van der Waals surface area (Å²) in [6, 6.07) is 17.8. The Labute approximate surface area is 151 Å². The van der Waals surface area contributed by atoms with Gasteiger partial charge in [-0.1, -0.05) is 36.8 Å². The van der Waals surface area contributed by atoms with Crippen LogP contribution >= 0.6 is 17.0 Å². The van der Waals surface area contributed by atoms with Crippen molar-refractivity contribution in [3.8, 4) is 11.1 Å². The van der Waals surface area contributed by atoms with Gasteiger partial charge in [0.25, 0.3) is 0 Å². The molecule has 22 heavy (non-hydrogen) atoms. The van der Waals surface area contributed by atoms with Crippen LogP contribution in [0, 0.1) is 13.8 Å². The maximum absolute atomic E-state index is 4.93. The van der Waals surface area contributed by atoms with Gasteiger partial charge in [0.15, 0.2) is 0 Å². The van der Waals surface area contributed by atoms with E-state index in [1.807, 2.05) is 0 Å². The molecule has 3 heteroatoms. The maximum atomic E-state index is 4.93. The predicted molar refractivity (Wildman–Crippen MR) is 95.5 cm³/mol. The minimum atomic E-state index is -0.826. The summed E-state index contributed by atoms with van der Waals surface area (Å²) in [7, 11) is 9.87. The normalized spacial score (nSPS) is 10.2. The fourth-order valence-electron chi connectivity index (χ4n) is 2.78. The summed E-state index contributed by atoms with van der Waals surface area (Å²) < 4.78 is 0. The van der Waals surface area contributed by atoms with Crippen LogP contribution in [0.2, 0.25) is 0 Å². The van der Waals surface area contributed by atoms with Gasteiger partial charge in [0, 0.05) is 0 Å². The van der Waals surface area contributed by atoms with Crippen molar-refractivity contribution < 1.29 is 20.8 Å². The Morgan fingerprint density at radius 3 is 2.32 bits per heavy atom. The number of halogens is 2. The van der Waals surface area contributed by atoms with Crippen LogP contribution in [-0.2, 0) is 27.3 Å². The molecule has 0 saturated carbocycles. The molecule has 3 rings (SSSR count). The molecule has 114 valence electrons. The van der Waals surface area contributed by atoms with Crippen molar-refractivity contribution in [2.24, 2.45) is 0 Å². The second-order valence-electron chi connectivity index (χ2n) is 5.34. The first-order valence-electron chi connectivity index (χ1n) is 7.33. The van der Waals surface area contributed by atoms with E-state index >= 15 is 0 Å². The Kier molecular flexibility index (Phi) is 6.81. The standard InChI is InChI=1S/C19H19.2ClH.Zr/c1-4-15-11-16-8-6-10-18(19(16)12-15)17-9-5-7-13(2)14(17)3;;;/h5-12H,4H2,1-3H3;2*1H;/q-1;;;+2/p-2. The number of hydrogen-bond acceptors (Lipinski definition) is 0. The average molecular weight is 409 g/mol. The first kappa shape index (κ1) is 17.9. The van der Waals surface area contributed by atoms with Crippen LogP contribution in [0.5, 0.6) is 0 Å². The molecular formula is C19H19Cl2Zr-. The van der Waals surface area contributed by atoms with Gasteiger partial charge >= 0.3 is 37.9 Å². The summed E-state index contributed by atoms with van der Waals surface area (Å²) in [5.41, 5.74) is 6.89. The molecule has 0 aliphatic rings. The molecule has 0 heterocycles. The van der Waals surface area contributed by atoms with Crippen LogP contribution in [0.25, 0.3) is 21.9 Å². The second-order valence-corrected chi connectivity index (χ2v) is 9.08. The van der Waals surface area contributed by atoms with E-state index in [1.54, 1.807) is 0 Å². The topological polar surface area (TPSA) is 0 Å². The van der Waals surface area contributed by atoms with E-state index in [9.17, 15) is 0 Å². The molecule has 0 aliphatic heterocycles. The molecule has 0 bridgehead atoms. The van der Waals surface area contributed by atoms with Crippen LogP contribution in [0.3, 0.4) is 0 Å². The first-order valence-corrected chi connectivity index (χ1v) is 13.7. The van der Waals surface area contributed by atoms with E-state index in [0.29, 0.717) is 0 Å². The molecule has 0 fully saturated rings. The van der Waals surface area contributed by atoms with E-state index < -0.39 is 20.8 Å².